The number of para-hydroxylation sites is 1. The summed E-state index contributed by atoms with van der Waals surface area (Å²) in [6, 6.07) is 8.21. The monoisotopic (exact) mass is 569 g/mol. The van der Waals surface area contributed by atoms with Gasteiger partial charge < -0.3 is 24.2 Å². The number of ether oxygens (including phenoxy) is 3. The van der Waals surface area contributed by atoms with Crippen LogP contribution in [0.3, 0.4) is 0 Å². The van der Waals surface area contributed by atoms with Crippen molar-refractivity contribution in [1.82, 2.24) is 0 Å². The van der Waals surface area contributed by atoms with Crippen LogP contribution in [0, 0.1) is 5.92 Å². The van der Waals surface area contributed by atoms with Crippen molar-refractivity contribution in [3.8, 4) is 22.6 Å². The van der Waals surface area contributed by atoms with Crippen molar-refractivity contribution in [1.29, 1.82) is 0 Å². The number of alkyl halides is 9. The number of fused-ring (bicyclic) bond motifs is 1. The molecule has 1 aliphatic carbocycles. The third-order valence-electron chi connectivity index (χ3n) is 6.03. The molecular weight excluding hydrogens is 549 g/mol. The molecule has 1 heterocycles. The first kappa shape index (κ1) is 28.5. The van der Waals surface area contributed by atoms with Gasteiger partial charge in [-0.25, -0.2) is 0 Å². The van der Waals surface area contributed by atoms with Crippen molar-refractivity contribution in [2.75, 3.05) is 18.1 Å². The molecule has 0 bridgehead atoms. The normalized spacial score (nSPS) is 20.6. The molecule has 0 saturated carbocycles. The lowest BCUT2D eigenvalue weighted by Crippen LogP contribution is -2.52. The number of benzene rings is 2. The summed E-state index contributed by atoms with van der Waals surface area (Å²) in [6.45, 7) is -1.28. The summed E-state index contributed by atoms with van der Waals surface area (Å²) in [5.41, 5.74) is 0.491. The summed E-state index contributed by atoms with van der Waals surface area (Å²) >= 11 is 0. The van der Waals surface area contributed by atoms with Gasteiger partial charge in [0.2, 0.25) is 0 Å². The molecule has 4 rings (SSSR count). The largest absolute Gasteiger partial charge is 0.573 e. The molecule has 0 saturated heterocycles. The first-order valence-electron chi connectivity index (χ1n) is 11.4. The van der Waals surface area contributed by atoms with E-state index in [0.29, 0.717) is 0 Å². The van der Waals surface area contributed by atoms with Gasteiger partial charge in [-0.3, -0.25) is 0 Å². The van der Waals surface area contributed by atoms with Crippen molar-refractivity contribution < 1.29 is 58.8 Å². The van der Waals surface area contributed by atoms with Gasteiger partial charge >= 0.3 is 18.9 Å². The molecule has 0 spiro atoms. The minimum absolute atomic E-state index is 0.0226. The van der Waals surface area contributed by atoms with E-state index in [1.807, 2.05) is 0 Å². The summed E-state index contributed by atoms with van der Waals surface area (Å²) in [5, 5.41) is 9.88. The van der Waals surface area contributed by atoms with E-state index in [1.165, 1.54) is 41.3 Å². The second-order valence-electron chi connectivity index (χ2n) is 8.74. The highest BCUT2D eigenvalue weighted by molar-refractivity contribution is 5.80. The zero-order chi connectivity index (χ0) is 28.6. The lowest BCUT2D eigenvalue weighted by molar-refractivity contribution is -0.303. The van der Waals surface area contributed by atoms with Crippen molar-refractivity contribution in [3.05, 3.63) is 66.5 Å². The summed E-state index contributed by atoms with van der Waals surface area (Å²) < 4.78 is 130. The second-order valence-corrected chi connectivity index (χ2v) is 8.74. The highest BCUT2D eigenvalue weighted by Gasteiger charge is 2.43. The van der Waals surface area contributed by atoms with Gasteiger partial charge in [0.1, 0.15) is 18.1 Å². The molecule has 0 amide bonds. The third-order valence-corrected chi connectivity index (χ3v) is 6.03. The third kappa shape index (κ3) is 7.11. The maximum Gasteiger partial charge on any atom is 0.573 e. The van der Waals surface area contributed by atoms with E-state index in [2.05, 4.69) is 9.47 Å². The van der Waals surface area contributed by atoms with Crippen molar-refractivity contribution in [3.63, 3.8) is 0 Å². The molecule has 212 valence electrons. The molecule has 0 aromatic heterocycles. The number of aliphatic hydroxyl groups excluding tert-OH is 1. The second kappa shape index (κ2) is 10.5. The summed E-state index contributed by atoms with van der Waals surface area (Å²) in [6.07, 6.45) is -14.0. The number of rotatable bonds is 6. The Labute approximate surface area is 215 Å². The predicted octanol–water partition coefficient (Wildman–Crippen LogP) is 6.74. The Hall–Kier alpha value is -3.55. The molecule has 2 aromatic carbocycles. The minimum Gasteiger partial charge on any atom is -0.489 e. The molecule has 5 nitrogen and oxygen atoms in total. The van der Waals surface area contributed by atoms with Crippen LogP contribution < -0.4 is 14.4 Å². The van der Waals surface area contributed by atoms with Crippen molar-refractivity contribution >= 4 is 5.69 Å². The first-order chi connectivity index (χ1) is 18.1. The molecule has 0 radical (unpaired) electrons. The average Bonchev–Trinajstić information content (AvgIpc) is 2.81. The maximum atomic E-state index is 13.3. The number of allylic oxidation sites excluding steroid dienone is 2. The fourth-order valence-electron chi connectivity index (χ4n) is 4.45. The highest BCUT2D eigenvalue weighted by atomic mass is 19.4. The van der Waals surface area contributed by atoms with E-state index < -0.39 is 55.0 Å². The van der Waals surface area contributed by atoms with E-state index in [0.717, 1.165) is 24.3 Å². The Morgan fingerprint density at radius 2 is 1.64 bits per heavy atom. The minimum atomic E-state index is -5.00. The molecule has 1 unspecified atom stereocenters. The Bertz CT molecular complexity index is 1240. The fraction of sp³-hybridized carbons (Fsp3) is 0.360. The number of halogens is 9. The molecule has 39 heavy (non-hydrogen) atoms. The topological polar surface area (TPSA) is 51.2 Å². The molecule has 2 aromatic rings. The van der Waals surface area contributed by atoms with Crippen LogP contribution in [0.5, 0.6) is 11.5 Å². The van der Waals surface area contributed by atoms with Gasteiger partial charge in [0.25, 0.3) is 0 Å². The molecular formula is C25H20F9NO4. The first-order valence-corrected chi connectivity index (χ1v) is 11.4. The standard InChI is InChI=1S/C25H20F9NO4/c26-23(27,28)21(36)12-35-19-9-3-8-18(14-4-1-6-16(10-14)38-24(29,30)31)22(19)37-13-20(35)15-5-2-7-17(11-15)39-25(32,33)34/h1-4,6-11,15,20-21,36H,5,12-13H2/t15?,20-,21+/m1/s1. The SMILES string of the molecule is O[C@@H](CN1c2cccc(-c3cccc(OC(F)(F)F)c3)c2OC[C@@H]1C1C=C(OC(F)(F)F)C=CC1)C(F)(F)F. The quantitative estimate of drug-likeness (QED) is 0.391. The molecule has 3 atom stereocenters. The summed E-state index contributed by atoms with van der Waals surface area (Å²) in [7, 11) is 0. The van der Waals surface area contributed by atoms with Gasteiger partial charge in [-0.2, -0.15) is 13.2 Å². The zero-order valence-electron chi connectivity index (χ0n) is 19.6. The average molecular weight is 569 g/mol. The zero-order valence-corrected chi connectivity index (χ0v) is 19.6. The molecule has 0 fully saturated rings. The number of aliphatic hydroxyl groups is 1. The molecule has 1 N–H and O–H groups in total. The number of β-amino-alcohol motifs (C(OH)–C–C–N with tert-alkyl or cyclic N) is 1. The Morgan fingerprint density at radius 3 is 2.31 bits per heavy atom. The fourth-order valence-corrected chi connectivity index (χ4v) is 4.45. The lowest BCUT2D eigenvalue weighted by Gasteiger charge is -2.43. The van der Waals surface area contributed by atoms with Crippen LogP contribution in [0.1, 0.15) is 6.42 Å². The smallest absolute Gasteiger partial charge is 0.489 e. The van der Waals surface area contributed by atoms with Crippen LogP contribution in [-0.4, -0.2) is 49.3 Å². The van der Waals surface area contributed by atoms with Gasteiger partial charge in [0.05, 0.1) is 18.3 Å². The Kier molecular flexibility index (Phi) is 7.70. The van der Waals surface area contributed by atoms with Crippen LogP contribution in [-0.2, 0) is 4.74 Å². The van der Waals surface area contributed by atoms with Crippen LogP contribution in [0.2, 0.25) is 0 Å². The van der Waals surface area contributed by atoms with E-state index in [4.69, 9.17) is 4.74 Å². The molecule has 1 aliphatic heterocycles. The van der Waals surface area contributed by atoms with Crippen LogP contribution in [0.4, 0.5) is 45.2 Å². The van der Waals surface area contributed by atoms with Crippen LogP contribution >= 0.6 is 0 Å². The van der Waals surface area contributed by atoms with E-state index in [9.17, 15) is 44.6 Å². The summed E-state index contributed by atoms with van der Waals surface area (Å²) in [4.78, 5) is 1.18. The Balaban J connectivity index is 1.73. The van der Waals surface area contributed by atoms with E-state index >= 15 is 0 Å². The van der Waals surface area contributed by atoms with Gasteiger partial charge in [0, 0.05) is 11.5 Å². The number of hydrogen-bond acceptors (Lipinski definition) is 5. The van der Waals surface area contributed by atoms with Gasteiger partial charge in [0.15, 0.2) is 11.9 Å². The van der Waals surface area contributed by atoms with Gasteiger partial charge in [-0.05, 0) is 42.3 Å². The highest BCUT2D eigenvalue weighted by Crippen LogP contribution is 2.45. The van der Waals surface area contributed by atoms with E-state index in [-0.39, 0.29) is 35.6 Å². The van der Waals surface area contributed by atoms with Crippen LogP contribution in [0.15, 0.2) is 66.5 Å². The van der Waals surface area contributed by atoms with E-state index in [1.54, 1.807) is 0 Å². The predicted molar refractivity (Wildman–Crippen MR) is 120 cm³/mol. The lowest BCUT2D eigenvalue weighted by atomic mass is 9.89. The number of anilines is 1. The Morgan fingerprint density at radius 1 is 0.949 bits per heavy atom. The van der Waals surface area contributed by atoms with Crippen molar-refractivity contribution in [2.24, 2.45) is 5.92 Å². The number of hydrogen-bond donors (Lipinski definition) is 1. The van der Waals surface area contributed by atoms with Gasteiger partial charge in [-0.1, -0.05) is 30.3 Å². The number of nitrogens with zero attached hydrogens (tertiary/aromatic N) is 1. The summed E-state index contributed by atoms with van der Waals surface area (Å²) in [5.74, 6) is -1.86. The molecule has 2 aliphatic rings. The maximum absolute atomic E-state index is 13.3. The van der Waals surface area contributed by atoms with Gasteiger partial charge in [-0.15, -0.1) is 26.3 Å². The van der Waals surface area contributed by atoms with Crippen molar-refractivity contribution in [2.45, 2.75) is 37.5 Å². The van der Waals surface area contributed by atoms with Crippen LogP contribution in [0.25, 0.3) is 11.1 Å². The molecule has 14 heteroatoms.